The summed E-state index contributed by atoms with van der Waals surface area (Å²) in [5, 5.41) is 12.3. The van der Waals surface area contributed by atoms with E-state index >= 15 is 0 Å². The maximum atomic E-state index is 13.6. The van der Waals surface area contributed by atoms with Crippen LogP contribution in [-0.2, 0) is 6.54 Å². The number of methoxy groups -OCH3 is 1. The van der Waals surface area contributed by atoms with Crippen LogP contribution >= 0.6 is 10.8 Å². The molecule has 1 heterocycles. The molecule has 0 saturated heterocycles. The Bertz CT molecular complexity index is 1350. The SMILES string of the molecule is CC.CC.CC.CNCCCCC(C)N(C)c1cccc2c1cc(C#CCNc1ccc(S(N)(O)O)cc1OC)n2CC(F)(F)F. The van der Waals surface area contributed by atoms with Gasteiger partial charge in [0.25, 0.3) is 0 Å². The number of halogens is 3. The molecule has 1 unspecified atom stereocenters. The standard InChI is InChI=1S/C28H38F3N5O3S.3C2H6/c1-20(9-5-6-15-33-2)35(3)25-11-7-12-26-23(25)17-21(36(26)19-28(29,30)31)10-8-16-34-24-14-13-22(40(32,37)38)18-27(24)39-4;3*1-2/h7,11-14,17-18,20,33-34,37-38H,5-6,9,15-16,19,32H2,1-4H3;3*1-2H3. The molecule has 0 spiro atoms. The number of nitrogens with zero attached hydrogens (tertiary/aromatic N) is 2. The molecule has 262 valence electrons. The lowest BCUT2D eigenvalue weighted by Gasteiger charge is -2.28. The van der Waals surface area contributed by atoms with Crippen molar-refractivity contribution in [1.82, 2.24) is 9.88 Å². The van der Waals surface area contributed by atoms with E-state index in [0.29, 0.717) is 22.3 Å². The summed E-state index contributed by atoms with van der Waals surface area (Å²) >= 11 is 0. The number of hydrogen-bond donors (Lipinski definition) is 5. The molecule has 1 atom stereocenters. The quantitative estimate of drug-likeness (QED) is 0.0967. The average molecular weight is 672 g/mol. The maximum absolute atomic E-state index is 13.6. The highest BCUT2D eigenvalue weighted by Crippen LogP contribution is 2.43. The van der Waals surface area contributed by atoms with Gasteiger partial charge in [-0.15, -0.1) is 10.8 Å². The van der Waals surface area contributed by atoms with Gasteiger partial charge < -0.3 is 24.8 Å². The normalized spacial score (nSPS) is 11.7. The number of rotatable bonds is 12. The van der Waals surface area contributed by atoms with E-state index in [2.05, 4.69) is 34.3 Å². The lowest BCUT2D eigenvalue weighted by atomic mass is 10.1. The lowest BCUT2D eigenvalue weighted by molar-refractivity contribution is -0.140. The third-order valence-electron chi connectivity index (χ3n) is 6.70. The van der Waals surface area contributed by atoms with Gasteiger partial charge in [0.1, 0.15) is 12.3 Å². The number of hydrogen-bond acceptors (Lipinski definition) is 7. The number of anilines is 2. The van der Waals surface area contributed by atoms with Crippen molar-refractivity contribution in [2.24, 2.45) is 5.14 Å². The van der Waals surface area contributed by atoms with E-state index in [1.165, 1.54) is 23.8 Å². The summed E-state index contributed by atoms with van der Waals surface area (Å²) in [5.74, 6) is 6.13. The van der Waals surface area contributed by atoms with Crippen molar-refractivity contribution in [3.05, 3.63) is 48.2 Å². The highest BCUT2D eigenvalue weighted by atomic mass is 32.3. The zero-order chi connectivity index (χ0) is 35.5. The smallest absolute Gasteiger partial charge is 0.406 e. The first-order valence-corrected chi connectivity index (χ1v) is 17.5. The largest absolute Gasteiger partial charge is 0.495 e. The number of fused-ring (bicyclic) bond motifs is 1. The summed E-state index contributed by atoms with van der Waals surface area (Å²) in [6.07, 6.45) is -1.35. The van der Waals surface area contributed by atoms with Crippen LogP contribution in [0.5, 0.6) is 5.75 Å². The van der Waals surface area contributed by atoms with Crippen molar-refractivity contribution in [3.63, 3.8) is 0 Å². The van der Waals surface area contributed by atoms with Crippen LogP contribution in [0.2, 0.25) is 0 Å². The fraction of sp³-hybridized carbons (Fsp3) is 0.529. The molecule has 0 saturated carbocycles. The van der Waals surface area contributed by atoms with Crippen LogP contribution in [0.3, 0.4) is 0 Å². The van der Waals surface area contributed by atoms with Crippen molar-refractivity contribution in [2.45, 2.75) is 91.4 Å². The van der Waals surface area contributed by atoms with Gasteiger partial charge in [-0.2, -0.15) is 13.2 Å². The zero-order valence-electron chi connectivity index (χ0n) is 29.2. The fourth-order valence-electron chi connectivity index (χ4n) is 4.48. The first kappa shape index (κ1) is 42.9. The van der Waals surface area contributed by atoms with Gasteiger partial charge in [-0.05, 0) is 69.6 Å². The number of benzene rings is 2. The summed E-state index contributed by atoms with van der Waals surface area (Å²) < 4.78 is 66.6. The second kappa shape index (κ2) is 21.7. The van der Waals surface area contributed by atoms with Crippen LogP contribution < -0.4 is 25.4 Å². The molecule has 0 radical (unpaired) electrons. The molecule has 0 bridgehead atoms. The van der Waals surface area contributed by atoms with Crippen molar-refractivity contribution in [1.29, 1.82) is 0 Å². The number of alkyl halides is 3. The van der Waals surface area contributed by atoms with E-state index in [0.717, 1.165) is 31.5 Å². The number of aromatic nitrogens is 1. The minimum absolute atomic E-state index is 0.110. The van der Waals surface area contributed by atoms with Gasteiger partial charge in [0.15, 0.2) is 0 Å². The van der Waals surface area contributed by atoms with Gasteiger partial charge >= 0.3 is 6.18 Å². The second-order valence-corrected chi connectivity index (χ2v) is 11.3. The van der Waals surface area contributed by atoms with Gasteiger partial charge in [0.2, 0.25) is 0 Å². The van der Waals surface area contributed by atoms with E-state index in [1.807, 2.05) is 61.7 Å². The highest BCUT2D eigenvalue weighted by Gasteiger charge is 2.30. The molecule has 2 aromatic carbocycles. The van der Waals surface area contributed by atoms with Gasteiger partial charge in [0, 0.05) is 30.2 Å². The van der Waals surface area contributed by atoms with Gasteiger partial charge in [0.05, 0.1) is 35.4 Å². The van der Waals surface area contributed by atoms with Gasteiger partial charge in [-0.25, -0.2) is 5.14 Å². The molecule has 46 heavy (non-hydrogen) atoms. The van der Waals surface area contributed by atoms with Crippen molar-refractivity contribution in [3.8, 4) is 17.6 Å². The second-order valence-electron chi connectivity index (χ2n) is 9.61. The predicted octanol–water partition coefficient (Wildman–Crippen LogP) is 8.95. The van der Waals surface area contributed by atoms with Gasteiger partial charge in [-0.3, -0.25) is 9.11 Å². The Morgan fingerprint density at radius 1 is 1.04 bits per heavy atom. The summed E-state index contributed by atoms with van der Waals surface area (Å²) in [6, 6.07) is 11.7. The van der Waals surface area contributed by atoms with Crippen LogP contribution in [-0.4, -0.2) is 60.2 Å². The molecule has 0 amide bonds. The van der Waals surface area contributed by atoms with Crippen LogP contribution in [0.4, 0.5) is 24.5 Å². The van der Waals surface area contributed by atoms with Crippen LogP contribution in [0, 0.1) is 11.8 Å². The van der Waals surface area contributed by atoms with Crippen LogP contribution in [0.1, 0.15) is 73.4 Å². The molecule has 0 aliphatic rings. The van der Waals surface area contributed by atoms with Crippen molar-refractivity contribution < 1.29 is 27.0 Å². The summed E-state index contributed by atoms with van der Waals surface area (Å²) in [5.41, 5.74) is 2.11. The Morgan fingerprint density at radius 2 is 1.70 bits per heavy atom. The molecule has 8 nitrogen and oxygen atoms in total. The Labute approximate surface area is 276 Å². The summed E-state index contributed by atoms with van der Waals surface area (Å²) in [7, 11) is 1.91. The molecular formula is C34H56F3N5O3S. The number of nitrogens with two attached hydrogens (primary N) is 1. The molecule has 0 aliphatic heterocycles. The fourth-order valence-corrected chi connectivity index (χ4v) is 5.03. The summed E-state index contributed by atoms with van der Waals surface area (Å²) in [6.45, 7) is 14.0. The number of nitrogens with one attached hydrogen (secondary N) is 2. The average Bonchev–Trinajstić information content (AvgIpc) is 3.39. The van der Waals surface area contributed by atoms with Crippen molar-refractivity contribution >= 4 is 33.1 Å². The van der Waals surface area contributed by atoms with Crippen LogP contribution in [0.15, 0.2) is 47.4 Å². The molecular weight excluding hydrogens is 615 g/mol. The topological polar surface area (TPSA) is 108 Å². The minimum Gasteiger partial charge on any atom is -0.495 e. The Balaban J connectivity index is 0.00000318. The van der Waals surface area contributed by atoms with Gasteiger partial charge in [-0.1, -0.05) is 60.0 Å². The zero-order valence-corrected chi connectivity index (χ0v) is 30.0. The first-order valence-electron chi connectivity index (χ1n) is 15.9. The molecule has 0 fully saturated rings. The lowest BCUT2D eigenvalue weighted by Crippen LogP contribution is -2.29. The monoisotopic (exact) mass is 671 g/mol. The molecule has 12 heteroatoms. The molecule has 1 aromatic heterocycles. The Morgan fingerprint density at radius 3 is 2.26 bits per heavy atom. The van der Waals surface area contributed by atoms with Crippen molar-refractivity contribution in [2.75, 3.05) is 44.5 Å². The van der Waals surface area contributed by atoms with E-state index in [4.69, 9.17) is 9.88 Å². The molecule has 3 rings (SSSR count). The molecule has 0 aliphatic carbocycles. The number of ether oxygens (including phenoxy) is 1. The Kier molecular flexibility index (Phi) is 20.2. The number of unbranched alkanes of at least 4 members (excludes halogenated alkanes) is 1. The molecule has 6 N–H and O–H groups in total. The third kappa shape index (κ3) is 13.3. The van der Waals surface area contributed by atoms with Crippen LogP contribution in [0.25, 0.3) is 10.9 Å². The third-order valence-corrected chi connectivity index (χ3v) is 7.65. The first-order chi connectivity index (χ1) is 21.9. The molecule has 3 aromatic rings. The predicted molar refractivity (Wildman–Crippen MR) is 191 cm³/mol. The van der Waals surface area contributed by atoms with E-state index < -0.39 is 23.5 Å². The highest BCUT2D eigenvalue weighted by molar-refractivity contribution is 8.22. The Hall–Kier alpha value is -3.08. The maximum Gasteiger partial charge on any atom is 0.406 e. The van der Waals surface area contributed by atoms with E-state index in [1.54, 1.807) is 24.3 Å². The minimum atomic E-state index is -4.42. The van der Waals surface area contributed by atoms with E-state index in [-0.39, 0.29) is 23.2 Å². The van der Waals surface area contributed by atoms with E-state index in [9.17, 15) is 22.3 Å². The summed E-state index contributed by atoms with van der Waals surface area (Å²) in [4.78, 5) is 2.23.